The summed E-state index contributed by atoms with van der Waals surface area (Å²) in [5.41, 5.74) is 7.14. The number of unbranched alkanes of at least 4 members (excludes halogenated alkanes) is 2. The number of carbonyl (C=O) groups is 12. The number of imide groups is 1. The van der Waals surface area contributed by atoms with Crippen LogP contribution in [0, 0.1) is 41.4 Å². The number of amides is 10. The Bertz CT molecular complexity index is 3130. The third kappa shape index (κ3) is 31.9. The molecule has 4 rings (SSSR count). The van der Waals surface area contributed by atoms with E-state index in [9.17, 15) is 57.5 Å². The average Bonchev–Trinajstić information content (AvgIpc) is 1.77. The van der Waals surface area contributed by atoms with Crippen molar-refractivity contribution in [3.05, 3.63) is 77.9 Å². The van der Waals surface area contributed by atoms with Crippen molar-refractivity contribution in [2.24, 2.45) is 47.2 Å². The van der Waals surface area contributed by atoms with E-state index < -0.39 is 66.0 Å². The van der Waals surface area contributed by atoms with Crippen molar-refractivity contribution in [3.63, 3.8) is 0 Å². The van der Waals surface area contributed by atoms with Gasteiger partial charge in [-0.25, -0.2) is 14.4 Å². The second-order valence-electron chi connectivity index (χ2n) is 28.7. The van der Waals surface area contributed by atoms with Crippen LogP contribution in [-0.4, -0.2) is 228 Å². The maximum Gasteiger partial charge on any atom is 0.410 e. The van der Waals surface area contributed by atoms with Gasteiger partial charge in [-0.05, 0) is 91.9 Å². The first-order chi connectivity index (χ1) is 50.9. The van der Waals surface area contributed by atoms with Crippen LogP contribution in [0.5, 0.6) is 0 Å². The Balaban J connectivity index is 0.000000671. The summed E-state index contributed by atoms with van der Waals surface area (Å²) in [5.74, 6) is -5.62. The molecule has 0 aromatic heterocycles. The lowest BCUT2D eigenvalue weighted by molar-refractivity contribution is -0.150. The first kappa shape index (κ1) is 93.0. The topological polar surface area (TPSA) is 357 Å². The van der Waals surface area contributed by atoms with Crippen LogP contribution in [-0.2, 0) is 94.1 Å². The summed E-state index contributed by atoms with van der Waals surface area (Å²) in [6.07, 6.45) is 6.69. The van der Waals surface area contributed by atoms with Gasteiger partial charge in [0.1, 0.15) is 19.3 Å². The van der Waals surface area contributed by atoms with Crippen LogP contribution in [0.4, 0.5) is 15.3 Å². The highest BCUT2D eigenvalue weighted by molar-refractivity contribution is 6.12. The number of nitrogens with one attached hydrogen (secondary N) is 4. The van der Waals surface area contributed by atoms with Crippen LogP contribution in [0.3, 0.4) is 0 Å². The Kier molecular flexibility index (Phi) is 43.2. The highest BCUT2D eigenvalue weighted by Crippen LogP contribution is 2.30. The summed E-state index contributed by atoms with van der Waals surface area (Å²) in [6, 6.07) is 12.4. The number of ether oxygens (including phenoxy) is 7. The van der Waals surface area contributed by atoms with Crippen molar-refractivity contribution in [2.45, 2.75) is 209 Å². The highest BCUT2D eigenvalue weighted by atomic mass is 16.6. The van der Waals surface area contributed by atoms with Gasteiger partial charge < -0.3 is 74.9 Å². The molecule has 2 aliphatic heterocycles. The van der Waals surface area contributed by atoms with Crippen molar-refractivity contribution in [2.75, 3.05) is 100 Å². The van der Waals surface area contributed by atoms with Gasteiger partial charge in [-0.1, -0.05) is 125 Å². The van der Waals surface area contributed by atoms with Gasteiger partial charge in [0.25, 0.3) is 11.8 Å². The molecule has 0 spiro atoms. The van der Waals surface area contributed by atoms with E-state index in [1.54, 1.807) is 83.2 Å². The van der Waals surface area contributed by atoms with Crippen molar-refractivity contribution in [1.29, 1.82) is 0 Å². The molecule has 2 heterocycles. The number of hydrogen-bond acceptors (Lipinski definition) is 19. The van der Waals surface area contributed by atoms with Crippen LogP contribution < -0.4 is 27.0 Å². The number of nitrogens with two attached hydrogens (primary N) is 1. The lowest BCUT2D eigenvalue weighted by atomic mass is 9.83. The molecule has 10 amide bonds. The third-order valence-corrected chi connectivity index (χ3v) is 19.7. The highest BCUT2D eigenvalue weighted by Gasteiger charge is 2.42. The monoisotopic (exact) mass is 1500 g/mol. The van der Waals surface area contributed by atoms with Crippen LogP contribution in [0.15, 0.2) is 66.7 Å². The summed E-state index contributed by atoms with van der Waals surface area (Å²) < 4.78 is 38.2. The van der Waals surface area contributed by atoms with E-state index in [0.29, 0.717) is 69.9 Å². The van der Waals surface area contributed by atoms with Gasteiger partial charge in [-0.3, -0.25) is 48.1 Å². The number of Topliss-reactive ketones (excluding diaryl/α,β-unsaturated/α-hetero) is 2. The van der Waals surface area contributed by atoms with Gasteiger partial charge in [0.2, 0.25) is 29.5 Å². The summed E-state index contributed by atoms with van der Waals surface area (Å²) in [5, 5.41) is 11.0. The maximum absolute atomic E-state index is 14.1. The fraction of sp³-hybridized carbons (Fsp3) is 0.671. The normalized spacial score (nSPS) is 16.3. The van der Waals surface area contributed by atoms with E-state index in [4.69, 9.17) is 38.9 Å². The molecule has 6 N–H and O–H groups in total. The molecule has 0 aliphatic carbocycles. The standard InChI is InChI=1S/C52H83N7O11.C27H42N2O8/c1-13-35(9)48(42(14-2)69-12)57(10)50(66)39(32(3)4)30-41(61)47(34(7)8)58(11)52(68)70-31-36-21-23-38(24-22-36)55-49(65)37(19-18-27-54-51(53)67)29-40(60)46(33(5)6)56-43(62)20-16-15-17-28-59-44(63)25-26-45(59)64;1-20(25(34-4)24-11-8-12-29(24)21(2)30)26(31)28-23(19-22-9-6-5-7-10-22)27(32)37-18-17-36-16-15-35-14-13-33-3/h21-26,32-35,37,39,42,46-48H,13-20,27-31H2,1-12H3,(H,55,65)(H,56,62)(H3,53,54,67);5-7,9-10,20,23-25H,8,11-19H2,1-4H3,(H,28,31)/t35-,37+,39-,42+,46-,47-,48-;20-,23+,24+,25-/m01/s1. The van der Waals surface area contributed by atoms with Gasteiger partial charge >= 0.3 is 18.1 Å². The number of esters is 1. The van der Waals surface area contributed by atoms with Crippen LogP contribution in [0.25, 0.3) is 0 Å². The number of anilines is 1. The van der Waals surface area contributed by atoms with E-state index in [0.717, 1.165) is 36.1 Å². The van der Waals surface area contributed by atoms with Gasteiger partial charge in [0.15, 0.2) is 11.6 Å². The molecule has 28 nitrogen and oxygen atoms in total. The van der Waals surface area contributed by atoms with E-state index in [1.807, 2.05) is 65.0 Å². The van der Waals surface area contributed by atoms with Crippen molar-refractivity contribution in [3.8, 4) is 0 Å². The minimum Gasteiger partial charge on any atom is -0.462 e. The molecule has 600 valence electrons. The zero-order valence-corrected chi connectivity index (χ0v) is 66.3. The molecule has 11 atom stereocenters. The lowest BCUT2D eigenvalue weighted by Crippen LogP contribution is -2.52. The first-order valence-electron chi connectivity index (χ1n) is 37.8. The lowest BCUT2D eigenvalue weighted by Gasteiger charge is -2.40. The van der Waals surface area contributed by atoms with Crippen molar-refractivity contribution >= 4 is 76.7 Å². The van der Waals surface area contributed by atoms with E-state index in [-0.39, 0.29) is 154 Å². The van der Waals surface area contributed by atoms with Gasteiger partial charge in [-0.2, -0.15) is 0 Å². The van der Waals surface area contributed by atoms with Gasteiger partial charge in [0, 0.05) is 117 Å². The maximum atomic E-state index is 14.1. The first-order valence-corrected chi connectivity index (χ1v) is 37.8. The SMILES string of the molecule is CC[C@H](C)[C@@H]([C@@H](CC)OC)N(C)C(=O)[C@@H](CC(=O)[C@H](C(C)C)N(C)C(=O)OCc1ccc(NC(=O)[C@H](CCCNC(N)=O)CC(=O)[C@@H](NC(=O)CCCCCN2C(=O)C=CC2=O)C(C)C)cc1)C(C)C.COCCOCCOCCOC(=O)[C@H](Cc1ccccc1)NC(=O)[C@H](C)[C@@H](OC)[C@@H]1CCCN1C(C)=O. The molecular formula is C79H125N9O19. The Morgan fingerprint density at radius 1 is 0.664 bits per heavy atom. The van der Waals surface area contributed by atoms with E-state index in [1.165, 1.54) is 31.0 Å². The predicted molar refractivity (Wildman–Crippen MR) is 405 cm³/mol. The third-order valence-electron chi connectivity index (χ3n) is 19.7. The number of benzene rings is 2. The molecule has 1 fully saturated rings. The average molecular weight is 1500 g/mol. The second kappa shape index (κ2) is 49.7. The fourth-order valence-electron chi connectivity index (χ4n) is 13.4. The summed E-state index contributed by atoms with van der Waals surface area (Å²) in [4.78, 5) is 161. The largest absolute Gasteiger partial charge is 0.462 e. The van der Waals surface area contributed by atoms with Crippen LogP contribution >= 0.6 is 0 Å². The molecule has 0 unspecified atom stereocenters. The number of nitrogens with zero attached hydrogens (tertiary/aromatic N) is 4. The molecule has 2 aliphatic rings. The number of rotatable bonds is 49. The molecule has 0 bridgehead atoms. The summed E-state index contributed by atoms with van der Waals surface area (Å²) in [7, 11) is 8.10. The number of ketones is 2. The van der Waals surface area contributed by atoms with Crippen LogP contribution in [0.1, 0.15) is 164 Å². The minimum absolute atomic E-state index is 0.0357. The van der Waals surface area contributed by atoms with Crippen molar-refractivity contribution in [1.82, 2.24) is 35.6 Å². The molecule has 0 radical (unpaired) electrons. The minimum atomic E-state index is -0.875. The Morgan fingerprint density at radius 3 is 1.86 bits per heavy atom. The van der Waals surface area contributed by atoms with Crippen LogP contribution in [0.2, 0.25) is 0 Å². The smallest absolute Gasteiger partial charge is 0.410 e. The Labute approximate surface area is 634 Å². The Morgan fingerprint density at radius 2 is 1.30 bits per heavy atom. The predicted octanol–water partition coefficient (Wildman–Crippen LogP) is 8.00. The molecule has 28 heteroatoms. The van der Waals surface area contributed by atoms with Gasteiger partial charge in [-0.15, -0.1) is 0 Å². The van der Waals surface area contributed by atoms with E-state index >= 15 is 0 Å². The summed E-state index contributed by atoms with van der Waals surface area (Å²) in [6.45, 7) is 23.7. The molecule has 2 aromatic rings. The van der Waals surface area contributed by atoms with E-state index in [2.05, 4.69) is 35.1 Å². The quantitative estimate of drug-likeness (QED) is 0.0238. The van der Waals surface area contributed by atoms with Gasteiger partial charge in [0.05, 0.1) is 75.3 Å². The second-order valence-corrected chi connectivity index (χ2v) is 28.7. The number of likely N-dealkylation sites (N-methyl/N-ethyl adjacent to an activating group) is 2. The summed E-state index contributed by atoms with van der Waals surface area (Å²) >= 11 is 0. The van der Waals surface area contributed by atoms with Crippen molar-refractivity contribution < 1.29 is 90.7 Å². The number of primary amides is 1. The Hall–Kier alpha value is -8.18. The molecule has 107 heavy (non-hydrogen) atoms. The fourth-order valence-corrected chi connectivity index (χ4v) is 13.4. The molecule has 2 aromatic carbocycles. The number of likely N-dealkylation sites (tertiary alicyclic amines) is 1. The molecule has 1 saturated heterocycles. The zero-order valence-electron chi connectivity index (χ0n) is 66.3. The molecule has 0 saturated carbocycles. The number of methoxy groups -OCH3 is 3. The molecular weight excluding hydrogens is 1380 g/mol. The zero-order chi connectivity index (χ0) is 79.9. The number of carbonyl (C=O) groups excluding carboxylic acids is 12. The number of hydrogen-bond donors (Lipinski definition) is 5. The number of urea groups is 1.